The van der Waals surface area contributed by atoms with Crippen LogP contribution >= 0.6 is 0 Å². The number of furan rings is 1. The maximum atomic E-state index is 12.7. The number of aryl methyl sites for hydroxylation is 2. The monoisotopic (exact) mass is 379 g/mol. The van der Waals surface area contributed by atoms with Crippen molar-refractivity contribution in [1.29, 1.82) is 0 Å². The number of hydrogen-bond acceptors (Lipinski definition) is 4. The molecule has 5 nitrogen and oxygen atoms in total. The Morgan fingerprint density at radius 1 is 1.15 bits per heavy atom. The molecule has 2 fully saturated rings. The third-order valence-electron chi connectivity index (χ3n) is 5.44. The lowest BCUT2D eigenvalue weighted by atomic mass is 10.0. The number of halogens is 3. The summed E-state index contributed by atoms with van der Waals surface area (Å²) in [6.07, 6.45) is -3.50. The van der Waals surface area contributed by atoms with E-state index < -0.39 is 11.7 Å². The van der Waals surface area contributed by atoms with Crippen molar-refractivity contribution in [1.82, 2.24) is 9.88 Å². The lowest BCUT2D eigenvalue weighted by Gasteiger charge is -2.22. The number of hydrogen-bond donors (Lipinski definition) is 0. The summed E-state index contributed by atoms with van der Waals surface area (Å²) in [7, 11) is 0. The minimum Gasteiger partial charge on any atom is -0.466 e. The highest BCUT2D eigenvalue weighted by Crippen LogP contribution is 2.35. The third-order valence-corrected chi connectivity index (χ3v) is 5.44. The first-order valence-electron chi connectivity index (χ1n) is 8.87. The number of anilines is 1. The van der Waals surface area contributed by atoms with Gasteiger partial charge in [-0.15, -0.1) is 0 Å². The third kappa shape index (κ3) is 3.28. The van der Waals surface area contributed by atoms with Crippen LogP contribution in [-0.2, 0) is 6.18 Å². The van der Waals surface area contributed by atoms with Crippen LogP contribution in [0.15, 0.2) is 28.8 Å². The van der Waals surface area contributed by atoms with Gasteiger partial charge in [0.15, 0.2) is 0 Å². The Hall–Kier alpha value is -2.51. The van der Waals surface area contributed by atoms with E-state index in [0.29, 0.717) is 55.2 Å². The Kier molecular flexibility index (Phi) is 4.16. The highest BCUT2D eigenvalue weighted by Gasteiger charge is 2.42. The molecule has 4 heterocycles. The van der Waals surface area contributed by atoms with Gasteiger partial charge in [0.2, 0.25) is 0 Å². The minimum atomic E-state index is -4.38. The Morgan fingerprint density at radius 2 is 1.81 bits per heavy atom. The zero-order valence-corrected chi connectivity index (χ0v) is 15.1. The van der Waals surface area contributed by atoms with Gasteiger partial charge in [0.05, 0.1) is 11.1 Å². The fourth-order valence-corrected chi connectivity index (χ4v) is 4.10. The number of rotatable bonds is 2. The molecule has 2 aliphatic heterocycles. The molecule has 0 saturated carbocycles. The maximum Gasteiger partial charge on any atom is 0.417 e. The molecule has 8 heteroatoms. The fourth-order valence-electron chi connectivity index (χ4n) is 4.10. The van der Waals surface area contributed by atoms with Crippen LogP contribution in [0.4, 0.5) is 19.0 Å². The van der Waals surface area contributed by atoms with Crippen molar-refractivity contribution in [3.63, 3.8) is 0 Å². The van der Waals surface area contributed by atoms with E-state index in [0.717, 1.165) is 18.0 Å². The number of carbonyl (C=O) groups excluding carboxylic acids is 1. The number of alkyl halides is 3. The Balaban J connectivity index is 1.41. The maximum absolute atomic E-state index is 12.7. The molecule has 0 N–H and O–H groups in total. The smallest absolute Gasteiger partial charge is 0.417 e. The van der Waals surface area contributed by atoms with Crippen LogP contribution in [0, 0.1) is 25.7 Å². The number of nitrogens with zero attached hydrogens (tertiary/aromatic N) is 3. The first kappa shape index (κ1) is 17.9. The number of amides is 1. The van der Waals surface area contributed by atoms with Crippen molar-refractivity contribution in [2.24, 2.45) is 11.8 Å². The number of likely N-dealkylation sites (tertiary alicyclic amines) is 1. The molecule has 2 unspecified atom stereocenters. The molecule has 2 aromatic rings. The average molecular weight is 379 g/mol. The summed E-state index contributed by atoms with van der Waals surface area (Å²) in [4.78, 5) is 20.6. The topological polar surface area (TPSA) is 49.6 Å². The zero-order valence-electron chi connectivity index (χ0n) is 15.1. The molecule has 2 atom stereocenters. The van der Waals surface area contributed by atoms with Gasteiger partial charge >= 0.3 is 6.18 Å². The van der Waals surface area contributed by atoms with Crippen molar-refractivity contribution < 1.29 is 22.4 Å². The Bertz CT molecular complexity index is 846. The van der Waals surface area contributed by atoms with Crippen LogP contribution in [0.1, 0.15) is 27.4 Å². The van der Waals surface area contributed by atoms with Crippen molar-refractivity contribution in [3.05, 3.63) is 47.0 Å². The lowest BCUT2D eigenvalue weighted by molar-refractivity contribution is -0.137. The molecule has 144 valence electrons. The minimum absolute atomic E-state index is 0.0158. The number of pyridine rings is 1. The van der Waals surface area contributed by atoms with E-state index in [4.69, 9.17) is 4.42 Å². The molecule has 27 heavy (non-hydrogen) atoms. The Labute approximate surface area is 154 Å². The summed E-state index contributed by atoms with van der Waals surface area (Å²) < 4.78 is 43.5. The lowest BCUT2D eigenvalue weighted by Crippen LogP contribution is -2.33. The molecule has 0 aromatic carbocycles. The zero-order chi connectivity index (χ0) is 19.3. The second kappa shape index (κ2) is 6.28. The summed E-state index contributed by atoms with van der Waals surface area (Å²) >= 11 is 0. The predicted octanol–water partition coefficient (Wildman–Crippen LogP) is 3.52. The van der Waals surface area contributed by atoms with Crippen molar-refractivity contribution >= 4 is 11.7 Å². The standard InChI is InChI=1S/C19H20F3N3O2/c1-11-5-16(12(2)27-11)18(26)25-9-13-7-24(8-14(13)10-25)17-4-3-15(6-23-17)19(20,21)22/h3-6,13-14H,7-10H2,1-2H3. The summed E-state index contributed by atoms with van der Waals surface area (Å²) in [5, 5.41) is 0. The molecule has 2 aliphatic rings. The summed E-state index contributed by atoms with van der Waals surface area (Å²) in [5.41, 5.74) is -0.137. The molecule has 0 spiro atoms. The van der Waals surface area contributed by atoms with Crippen molar-refractivity contribution in [3.8, 4) is 0 Å². The molecule has 0 bridgehead atoms. The largest absolute Gasteiger partial charge is 0.466 e. The number of carbonyl (C=O) groups is 1. The van der Waals surface area contributed by atoms with Crippen LogP contribution in [0.2, 0.25) is 0 Å². The van der Waals surface area contributed by atoms with E-state index in [2.05, 4.69) is 4.98 Å². The van der Waals surface area contributed by atoms with E-state index in [-0.39, 0.29) is 5.91 Å². The van der Waals surface area contributed by atoms with Crippen LogP contribution in [0.5, 0.6) is 0 Å². The molecule has 2 saturated heterocycles. The SMILES string of the molecule is Cc1cc(C(=O)N2CC3CN(c4ccc(C(F)(F)F)cn4)CC3C2)c(C)o1. The molecule has 2 aromatic heterocycles. The molecule has 1 amide bonds. The summed E-state index contributed by atoms with van der Waals surface area (Å²) in [6, 6.07) is 4.25. The van der Waals surface area contributed by atoms with E-state index in [1.54, 1.807) is 13.0 Å². The van der Waals surface area contributed by atoms with Gasteiger partial charge < -0.3 is 14.2 Å². The van der Waals surface area contributed by atoms with E-state index >= 15 is 0 Å². The van der Waals surface area contributed by atoms with Crippen LogP contribution in [0.3, 0.4) is 0 Å². The predicted molar refractivity (Wildman–Crippen MR) is 92.5 cm³/mol. The van der Waals surface area contributed by atoms with Gasteiger partial charge in [0.25, 0.3) is 5.91 Å². The Morgan fingerprint density at radius 3 is 2.30 bits per heavy atom. The molecule has 4 rings (SSSR count). The first-order valence-corrected chi connectivity index (χ1v) is 8.87. The molecule has 0 radical (unpaired) electrons. The van der Waals surface area contributed by atoms with Gasteiger partial charge in [-0.05, 0) is 32.0 Å². The number of aromatic nitrogens is 1. The van der Waals surface area contributed by atoms with Gasteiger partial charge in [-0.3, -0.25) is 4.79 Å². The highest BCUT2D eigenvalue weighted by molar-refractivity contribution is 5.95. The van der Waals surface area contributed by atoms with Crippen LogP contribution in [0.25, 0.3) is 0 Å². The molecular formula is C19H20F3N3O2. The van der Waals surface area contributed by atoms with Crippen LogP contribution in [-0.4, -0.2) is 42.0 Å². The van der Waals surface area contributed by atoms with E-state index in [9.17, 15) is 18.0 Å². The van der Waals surface area contributed by atoms with Gasteiger partial charge in [-0.1, -0.05) is 0 Å². The number of fused-ring (bicyclic) bond motifs is 1. The first-order chi connectivity index (χ1) is 12.7. The van der Waals surface area contributed by atoms with E-state index in [1.807, 2.05) is 16.7 Å². The average Bonchev–Trinajstić information content (AvgIpc) is 3.26. The van der Waals surface area contributed by atoms with Gasteiger partial charge in [-0.25, -0.2) is 4.98 Å². The summed E-state index contributed by atoms with van der Waals surface area (Å²) in [6.45, 7) is 6.27. The van der Waals surface area contributed by atoms with E-state index in [1.165, 1.54) is 6.07 Å². The van der Waals surface area contributed by atoms with Gasteiger partial charge in [0.1, 0.15) is 17.3 Å². The van der Waals surface area contributed by atoms with Gasteiger partial charge in [0, 0.05) is 44.2 Å². The molecule has 0 aliphatic carbocycles. The highest BCUT2D eigenvalue weighted by atomic mass is 19.4. The molecular weight excluding hydrogens is 359 g/mol. The second-order valence-electron chi connectivity index (χ2n) is 7.37. The van der Waals surface area contributed by atoms with Gasteiger partial charge in [-0.2, -0.15) is 13.2 Å². The van der Waals surface area contributed by atoms with Crippen molar-refractivity contribution in [2.75, 3.05) is 31.1 Å². The normalized spacial score (nSPS) is 22.4. The second-order valence-corrected chi connectivity index (χ2v) is 7.37. The van der Waals surface area contributed by atoms with Crippen molar-refractivity contribution in [2.45, 2.75) is 20.0 Å². The fraction of sp³-hybridized carbons (Fsp3) is 0.474. The quantitative estimate of drug-likeness (QED) is 0.801. The summed E-state index contributed by atoms with van der Waals surface area (Å²) in [5.74, 6) is 2.48. The van der Waals surface area contributed by atoms with Crippen LogP contribution < -0.4 is 4.90 Å².